The quantitative estimate of drug-likeness (QED) is 0.708. The number of rotatable bonds is 5. The van der Waals surface area contributed by atoms with Crippen molar-refractivity contribution in [2.75, 3.05) is 0 Å². The van der Waals surface area contributed by atoms with Gasteiger partial charge in [0, 0.05) is 6.42 Å². The van der Waals surface area contributed by atoms with Crippen molar-refractivity contribution in [3.63, 3.8) is 0 Å². The Bertz CT molecular complexity index is 1030. The average molecular weight is 373 g/mol. The number of carboxylic acid groups (broad SMARTS) is 1. The summed E-state index contributed by atoms with van der Waals surface area (Å²) in [6, 6.07) is 20.9. The molecular weight excluding hydrogens is 350 g/mol. The second-order valence-electron chi connectivity index (χ2n) is 7.43. The molecule has 2 atom stereocenters. The van der Waals surface area contributed by atoms with Gasteiger partial charge in [0.05, 0.1) is 5.92 Å². The highest BCUT2D eigenvalue weighted by molar-refractivity contribution is 5.89. The van der Waals surface area contributed by atoms with Crippen molar-refractivity contribution in [2.24, 2.45) is 0 Å². The number of amides is 1. The van der Waals surface area contributed by atoms with E-state index < -0.39 is 12.0 Å². The maximum Gasteiger partial charge on any atom is 0.326 e. The molecule has 0 heterocycles. The third-order valence-electron chi connectivity index (χ3n) is 5.55. The molecule has 0 radical (unpaired) electrons. The Hall–Kier alpha value is -3.14. The monoisotopic (exact) mass is 373 g/mol. The Kier molecular flexibility index (Phi) is 5.11. The normalized spacial score (nSPS) is 16.9. The smallest absolute Gasteiger partial charge is 0.326 e. The maximum absolute atomic E-state index is 12.9. The minimum Gasteiger partial charge on any atom is -0.480 e. The Morgan fingerprint density at radius 3 is 2.57 bits per heavy atom. The van der Waals surface area contributed by atoms with E-state index in [9.17, 15) is 14.7 Å². The van der Waals surface area contributed by atoms with Gasteiger partial charge in [0.15, 0.2) is 0 Å². The number of fused-ring (bicyclic) bond motifs is 2. The summed E-state index contributed by atoms with van der Waals surface area (Å²) in [5.74, 6) is -1.48. The van der Waals surface area contributed by atoms with Crippen LogP contribution in [0.3, 0.4) is 0 Å². The molecule has 3 aromatic rings. The number of aryl methyl sites for hydroxylation is 1. The van der Waals surface area contributed by atoms with Crippen LogP contribution in [0.2, 0.25) is 0 Å². The minimum atomic E-state index is -1.01. The molecule has 1 amide bonds. The fourth-order valence-corrected chi connectivity index (χ4v) is 4.10. The van der Waals surface area contributed by atoms with E-state index in [4.69, 9.17) is 0 Å². The van der Waals surface area contributed by atoms with Gasteiger partial charge in [-0.3, -0.25) is 4.79 Å². The minimum absolute atomic E-state index is 0.194. The van der Waals surface area contributed by atoms with Gasteiger partial charge >= 0.3 is 5.97 Å². The van der Waals surface area contributed by atoms with Crippen LogP contribution < -0.4 is 5.32 Å². The first-order chi connectivity index (χ1) is 13.6. The van der Waals surface area contributed by atoms with E-state index in [-0.39, 0.29) is 18.2 Å². The molecule has 0 saturated heterocycles. The molecule has 142 valence electrons. The predicted molar refractivity (Wildman–Crippen MR) is 109 cm³/mol. The first-order valence-corrected chi connectivity index (χ1v) is 9.70. The second-order valence-corrected chi connectivity index (χ2v) is 7.43. The van der Waals surface area contributed by atoms with Crippen LogP contribution in [-0.4, -0.2) is 23.0 Å². The van der Waals surface area contributed by atoms with Crippen molar-refractivity contribution >= 4 is 22.6 Å². The van der Waals surface area contributed by atoms with Crippen molar-refractivity contribution in [3.8, 4) is 0 Å². The lowest BCUT2D eigenvalue weighted by atomic mass is 9.82. The summed E-state index contributed by atoms with van der Waals surface area (Å²) in [5, 5.41) is 14.6. The number of carbonyl (C=O) groups excluding carboxylic acids is 1. The van der Waals surface area contributed by atoms with E-state index in [2.05, 4.69) is 11.4 Å². The van der Waals surface area contributed by atoms with Crippen molar-refractivity contribution in [3.05, 3.63) is 83.4 Å². The van der Waals surface area contributed by atoms with Gasteiger partial charge in [0.1, 0.15) is 6.04 Å². The number of hydrogen-bond donors (Lipinski definition) is 2. The Morgan fingerprint density at radius 1 is 1.00 bits per heavy atom. The van der Waals surface area contributed by atoms with E-state index in [0.29, 0.717) is 0 Å². The lowest BCUT2D eigenvalue weighted by Crippen LogP contribution is -2.44. The largest absolute Gasteiger partial charge is 0.480 e. The van der Waals surface area contributed by atoms with Crippen LogP contribution in [0, 0.1) is 0 Å². The van der Waals surface area contributed by atoms with Crippen molar-refractivity contribution in [1.82, 2.24) is 5.32 Å². The first-order valence-electron chi connectivity index (χ1n) is 9.70. The zero-order valence-electron chi connectivity index (χ0n) is 15.6. The van der Waals surface area contributed by atoms with Crippen LogP contribution >= 0.6 is 0 Å². The van der Waals surface area contributed by atoms with Crippen molar-refractivity contribution in [1.29, 1.82) is 0 Å². The van der Waals surface area contributed by atoms with E-state index in [1.165, 1.54) is 5.56 Å². The molecule has 0 saturated carbocycles. The number of hydrogen-bond acceptors (Lipinski definition) is 2. The van der Waals surface area contributed by atoms with Crippen LogP contribution in [0.25, 0.3) is 10.8 Å². The zero-order valence-corrected chi connectivity index (χ0v) is 15.6. The Labute approximate surface area is 164 Å². The lowest BCUT2D eigenvalue weighted by Gasteiger charge is -2.26. The van der Waals surface area contributed by atoms with Crippen LogP contribution in [0.5, 0.6) is 0 Å². The number of benzene rings is 3. The lowest BCUT2D eigenvalue weighted by molar-refractivity contribution is -0.142. The fourth-order valence-electron chi connectivity index (χ4n) is 4.10. The SMILES string of the molecule is O=C(O)[C@H](Cc1ccc2ccccc2c1)NC(=O)[C@H]1CCCc2ccccc21. The number of nitrogens with one attached hydrogen (secondary N) is 1. The molecular formula is C24H23NO3. The molecule has 1 aliphatic rings. The third kappa shape index (κ3) is 3.77. The molecule has 0 fully saturated rings. The summed E-state index contributed by atoms with van der Waals surface area (Å²) in [6.07, 6.45) is 2.93. The summed E-state index contributed by atoms with van der Waals surface area (Å²) in [7, 11) is 0. The number of carboxylic acids is 1. The van der Waals surface area contributed by atoms with Crippen molar-refractivity contribution in [2.45, 2.75) is 37.6 Å². The summed E-state index contributed by atoms with van der Waals surface area (Å²) < 4.78 is 0. The van der Waals surface area contributed by atoms with Crippen LogP contribution in [0.15, 0.2) is 66.7 Å². The van der Waals surface area contributed by atoms with Crippen LogP contribution in [-0.2, 0) is 22.4 Å². The van der Waals surface area contributed by atoms with Crippen LogP contribution in [0.4, 0.5) is 0 Å². The van der Waals surface area contributed by atoms with E-state index >= 15 is 0 Å². The molecule has 1 aliphatic carbocycles. The van der Waals surface area contributed by atoms with Gasteiger partial charge in [-0.15, -0.1) is 0 Å². The molecule has 0 unspecified atom stereocenters. The highest BCUT2D eigenvalue weighted by atomic mass is 16.4. The Balaban J connectivity index is 1.52. The average Bonchev–Trinajstić information content (AvgIpc) is 2.72. The maximum atomic E-state index is 12.9. The number of carbonyl (C=O) groups is 2. The molecule has 0 bridgehead atoms. The summed E-state index contributed by atoms with van der Waals surface area (Å²) >= 11 is 0. The zero-order chi connectivity index (χ0) is 19.5. The third-order valence-corrected chi connectivity index (χ3v) is 5.55. The molecule has 4 nitrogen and oxygen atoms in total. The van der Waals surface area contributed by atoms with Gasteiger partial charge in [-0.1, -0.05) is 66.7 Å². The summed E-state index contributed by atoms with van der Waals surface area (Å²) in [5.41, 5.74) is 3.12. The van der Waals surface area contributed by atoms with Crippen LogP contribution in [0.1, 0.15) is 35.4 Å². The molecule has 4 rings (SSSR count). The molecule has 0 spiro atoms. The van der Waals surface area contributed by atoms with E-state index in [1.54, 1.807) is 0 Å². The first kappa shape index (κ1) is 18.2. The van der Waals surface area contributed by atoms with Gasteiger partial charge in [-0.2, -0.15) is 0 Å². The van der Waals surface area contributed by atoms with E-state index in [0.717, 1.165) is 41.2 Å². The summed E-state index contributed by atoms with van der Waals surface area (Å²) in [4.78, 5) is 24.7. The fraction of sp³-hybridized carbons (Fsp3) is 0.250. The van der Waals surface area contributed by atoms with Gasteiger partial charge in [0.25, 0.3) is 0 Å². The van der Waals surface area contributed by atoms with E-state index in [1.807, 2.05) is 60.7 Å². The Morgan fingerprint density at radius 2 is 1.75 bits per heavy atom. The predicted octanol–water partition coefficient (Wildman–Crippen LogP) is 4.07. The topological polar surface area (TPSA) is 66.4 Å². The molecule has 0 aliphatic heterocycles. The number of aliphatic carboxylic acids is 1. The van der Waals surface area contributed by atoms with Crippen molar-refractivity contribution < 1.29 is 14.7 Å². The van der Waals surface area contributed by atoms with Gasteiger partial charge < -0.3 is 10.4 Å². The molecule has 4 heteroatoms. The second kappa shape index (κ2) is 7.85. The standard InChI is InChI=1S/C24H23NO3/c26-23(21-11-5-9-18-7-3-4-10-20(18)21)25-22(24(27)28)15-16-12-13-17-6-1-2-8-19(17)14-16/h1-4,6-8,10,12-14,21-22H,5,9,11,15H2,(H,25,26)(H,27,28)/t21-,22-/m0/s1. The van der Waals surface area contributed by atoms with Gasteiger partial charge in [-0.25, -0.2) is 4.79 Å². The van der Waals surface area contributed by atoms with Gasteiger partial charge in [0.2, 0.25) is 5.91 Å². The molecule has 2 N–H and O–H groups in total. The highest BCUT2D eigenvalue weighted by Crippen LogP contribution is 2.31. The highest BCUT2D eigenvalue weighted by Gasteiger charge is 2.29. The molecule has 0 aromatic heterocycles. The summed E-state index contributed by atoms with van der Waals surface area (Å²) in [6.45, 7) is 0. The van der Waals surface area contributed by atoms with Gasteiger partial charge in [-0.05, 0) is 46.7 Å². The molecule has 3 aromatic carbocycles. The molecule has 28 heavy (non-hydrogen) atoms.